The van der Waals surface area contributed by atoms with Gasteiger partial charge in [-0.2, -0.15) is 0 Å². The molecule has 0 aliphatic carbocycles. The SMILES string of the molecule is OCC1(c2ncc(-c3ccncc3)[nH]2)COC1. The number of aromatic amines is 1. The molecule has 0 spiro atoms. The van der Waals surface area contributed by atoms with Crippen LogP contribution >= 0.6 is 0 Å². The first-order valence-electron chi connectivity index (χ1n) is 5.49. The Morgan fingerprint density at radius 1 is 1.35 bits per heavy atom. The van der Waals surface area contributed by atoms with E-state index in [0.29, 0.717) is 13.2 Å². The van der Waals surface area contributed by atoms with Gasteiger partial charge in [0.05, 0.1) is 37.1 Å². The van der Waals surface area contributed by atoms with Crippen LogP contribution in [0, 0.1) is 0 Å². The predicted molar refractivity (Wildman–Crippen MR) is 61.4 cm³/mol. The third-order valence-electron chi connectivity index (χ3n) is 3.13. The van der Waals surface area contributed by atoms with Crippen LogP contribution in [0.1, 0.15) is 5.82 Å². The summed E-state index contributed by atoms with van der Waals surface area (Å²) < 4.78 is 5.17. The van der Waals surface area contributed by atoms with Crippen molar-refractivity contribution in [3.05, 3.63) is 36.5 Å². The fraction of sp³-hybridized carbons (Fsp3) is 0.333. The molecule has 1 fully saturated rings. The van der Waals surface area contributed by atoms with Crippen LogP contribution in [0.3, 0.4) is 0 Å². The van der Waals surface area contributed by atoms with E-state index < -0.39 is 0 Å². The molecule has 0 radical (unpaired) electrons. The number of aliphatic hydroxyl groups excluding tert-OH is 1. The average molecular weight is 231 g/mol. The molecule has 5 heteroatoms. The Kier molecular flexibility index (Phi) is 2.42. The van der Waals surface area contributed by atoms with E-state index in [1.165, 1.54) is 0 Å². The molecule has 0 aromatic carbocycles. The number of aromatic nitrogens is 3. The monoisotopic (exact) mass is 231 g/mol. The van der Waals surface area contributed by atoms with E-state index in [2.05, 4.69) is 15.0 Å². The minimum absolute atomic E-state index is 0.0519. The van der Waals surface area contributed by atoms with E-state index in [1.54, 1.807) is 18.6 Å². The van der Waals surface area contributed by atoms with Crippen LogP contribution in [-0.4, -0.2) is 39.9 Å². The highest BCUT2D eigenvalue weighted by Crippen LogP contribution is 2.31. The van der Waals surface area contributed by atoms with Crippen molar-refractivity contribution in [1.82, 2.24) is 15.0 Å². The second-order valence-corrected chi connectivity index (χ2v) is 4.31. The van der Waals surface area contributed by atoms with E-state index in [9.17, 15) is 5.11 Å². The van der Waals surface area contributed by atoms with Gasteiger partial charge in [-0.1, -0.05) is 0 Å². The summed E-state index contributed by atoms with van der Waals surface area (Å²) in [5, 5.41) is 9.42. The van der Waals surface area contributed by atoms with Gasteiger partial charge in [0.25, 0.3) is 0 Å². The van der Waals surface area contributed by atoms with Gasteiger partial charge in [0.1, 0.15) is 5.82 Å². The van der Waals surface area contributed by atoms with E-state index >= 15 is 0 Å². The summed E-state index contributed by atoms with van der Waals surface area (Å²) in [6.07, 6.45) is 5.26. The molecule has 3 heterocycles. The van der Waals surface area contributed by atoms with Crippen LogP contribution in [0.5, 0.6) is 0 Å². The molecule has 0 atom stereocenters. The molecular weight excluding hydrogens is 218 g/mol. The number of hydrogen-bond donors (Lipinski definition) is 2. The molecule has 5 nitrogen and oxygen atoms in total. The molecule has 3 rings (SSSR count). The second-order valence-electron chi connectivity index (χ2n) is 4.31. The topological polar surface area (TPSA) is 71.0 Å². The van der Waals surface area contributed by atoms with Gasteiger partial charge in [-0.15, -0.1) is 0 Å². The molecule has 0 saturated carbocycles. The van der Waals surface area contributed by atoms with Crippen molar-refractivity contribution in [3.63, 3.8) is 0 Å². The van der Waals surface area contributed by atoms with Crippen LogP contribution < -0.4 is 0 Å². The van der Waals surface area contributed by atoms with Crippen molar-refractivity contribution in [3.8, 4) is 11.3 Å². The maximum atomic E-state index is 9.42. The lowest BCUT2D eigenvalue weighted by molar-refractivity contribution is -0.0880. The van der Waals surface area contributed by atoms with Crippen molar-refractivity contribution in [2.75, 3.05) is 19.8 Å². The van der Waals surface area contributed by atoms with Crippen LogP contribution in [0.2, 0.25) is 0 Å². The fourth-order valence-electron chi connectivity index (χ4n) is 1.92. The summed E-state index contributed by atoms with van der Waals surface area (Å²) in [7, 11) is 0. The van der Waals surface area contributed by atoms with Gasteiger partial charge in [-0.05, 0) is 12.1 Å². The molecule has 1 aliphatic heterocycles. The van der Waals surface area contributed by atoms with Gasteiger partial charge < -0.3 is 14.8 Å². The number of nitrogens with zero attached hydrogens (tertiary/aromatic N) is 2. The number of H-pyrrole nitrogens is 1. The largest absolute Gasteiger partial charge is 0.395 e. The standard InChI is InChI=1S/C12H13N3O2/c16-6-12(7-17-8-12)11-14-5-10(15-11)9-1-3-13-4-2-9/h1-5,16H,6-8H2,(H,14,15). The Morgan fingerprint density at radius 2 is 2.12 bits per heavy atom. The first-order chi connectivity index (χ1) is 8.34. The fourth-order valence-corrected chi connectivity index (χ4v) is 1.92. The van der Waals surface area contributed by atoms with E-state index in [1.807, 2.05) is 12.1 Å². The van der Waals surface area contributed by atoms with Crippen molar-refractivity contribution in [2.45, 2.75) is 5.41 Å². The summed E-state index contributed by atoms with van der Waals surface area (Å²) in [5.41, 5.74) is 1.62. The Hall–Kier alpha value is -1.72. The number of ether oxygens (including phenoxy) is 1. The van der Waals surface area contributed by atoms with E-state index in [0.717, 1.165) is 17.1 Å². The highest BCUT2D eigenvalue weighted by Gasteiger charge is 2.42. The Bertz CT molecular complexity index is 500. The van der Waals surface area contributed by atoms with E-state index in [-0.39, 0.29) is 12.0 Å². The Morgan fingerprint density at radius 3 is 2.71 bits per heavy atom. The Balaban J connectivity index is 1.93. The highest BCUT2D eigenvalue weighted by atomic mass is 16.5. The van der Waals surface area contributed by atoms with Gasteiger partial charge >= 0.3 is 0 Å². The molecule has 0 amide bonds. The minimum Gasteiger partial charge on any atom is -0.395 e. The molecular formula is C12H13N3O2. The lowest BCUT2D eigenvalue weighted by Gasteiger charge is -2.37. The number of pyridine rings is 1. The quantitative estimate of drug-likeness (QED) is 0.817. The normalized spacial score (nSPS) is 17.7. The number of aliphatic hydroxyl groups is 1. The highest BCUT2D eigenvalue weighted by molar-refractivity contribution is 5.57. The molecule has 2 N–H and O–H groups in total. The van der Waals surface area contributed by atoms with Crippen LogP contribution in [-0.2, 0) is 10.2 Å². The van der Waals surface area contributed by atoms with Crippen LogP contribution in [0.15, 0.2) is 30.7 Å². The molecule has 1 saturated heterocycles. The molecule has 0 unspecified atom stereocenters. The van der Waals surface area contributed by atoms with Crippen LogP contribution in [0.4, 0.5) is 0 Å². The summed E-state index contributed by atoms with van der Waals surface area (Å²) in [6.45, 7) is 1.09. The molecule has 88 valence electrons. The average Bonchev–Trinajstić information content (AvgIpc) is 2.80. The summed E-state index contributed by atoms with van der Waals surface area (Å²) in [4.78, 5) is 11.6. The molecule has 2 aromatic heterocycles. The van der Waals surface area contributed by atoms with Crippen molar-refractivity contribution < 1.29 is 9.84 Å². The molecule has 1 aliphatic rings. The number of hydrogen-bond acceptors (Lipinski definition) is 4. The van der Waals surface area contributed by atoms with Crippen molar-refractivity contribution >= 4 is 0 Å². The third kappa shape index (κ3) is 1.64. The third-order valence-corrected chi connectivity index (χ3v) is 3.13. The zero-order valence-corrected chi connectivity index (χ0v) is 9.26. The number of imidazole rings is 1. The lowest BCUT2D eigenvalue weighted by Crippen LogP contribution is -2.50. The number of nitrogens with one attached hydrogen (secondary N) is 1. The van der Waals surface area contributed by atoms with Crippen LogP contribution in [0.25, 0.3) is 11.3 Å². The predicted octanol–water partition coefficient (Wildman–Crippen LogP) is 0.732. The van der Waals surface area contributed by atoms with Gasteiger partial charge in [0, 0.05) is 18.0 Å². The van der Waals surface area contributed by atoms with E-state index in [4.69, 9.17) is 4.74 Å². The van der Waals surface area contributed by atoms with Gasteiger partial charge in [-0.3, -0.25) is 4.98 Å². The smallest absolute Gasteiger partial charge is 0.119 e. The van der Waals surface area contributed by atoms with Crippen molar-refractivity contribution in [2.24, 2.45) is 0 Å². The van der Waals surface area contributed by atoms with Gasteiger partial charge in [0.2, 0.25) is 0 Å². The Labute approximate surface area is 98.5 Å². The molecule has 17 heavy (non-hydrogen) atoms. The maximum absolute atomic E-state index is 9.42. The first-order valence-corrected chi connectivity index (χ1v) is 5.49. The number of rotatable bonds is 3. The first kappa shape index (κ1) is 10.4. The van der Waals surface area contributed by atoms with Gasteiger partial charge in [-0.25, -0.2) is 4.98 Å². The second kappa shape index (κ2) is 3.94. The maximum Gasteiger partial charge on any atom is 0.119 e. The lowest BCUT2D eigenvalue weighted by atomic mass is 9.86. The summed E-state index contributed by atoms with van der Waals surface area (Å²) >= 11 is 0. The summed E-state index contributed by atoms with van der Waals surface area (Å²) in [5.74, 6) is 0.790. The van der Waals surface area contributed by atoms with Crippen molar-refractivity contribution in [1.29, 1.82) is 0 Å². The molecule has 0 bridgehead atoms. The minimum atomic E-state index is -0.342. The molecule has 2 aromatic rings. The zero-order chi connectivity index (χ0) is 11.7. The summed E-state index contributed by atoms with van der Waals surface area (Å²) in [6, 6.07) is 3.83. The zero-order valence-electron chi connectivity index (χ0n) is 9.26. The van der Waals surface area contributed by atoms with Gasteiger partial charge in [0.15, 0.2) is 0 Å².